The Morgan fingerprint density at radius 2 is 1.87 bits per heavy atom. The molecule has 1 saturated heterocycles. The molecule has 0 amide bonds. The molecular formula is C20H32O3. The van der Waals surface area contributed by atoms with Gasteiger partial charge in [-0.25, -0.2) is 0 Å². The summed E-state index contributed by atoms with van der Waals surface area (Å²) in [4.78, 5) is 0. The van der Waals surface area contributed by atoms with E-state index in [9.17, 15) is 0 Å². The van der Waals surface area contributed by atoms with Crippen LogP contribution < -0.4 is 0 Å². The Bertz CT molecular complexity index is 407. The van der Waals surface area contributed by atoms with Crippen LogP contribution in [0.4, 0.5) is 0 Å². The zero-order valence-electron chi connectivity index (χ0n) is 14.7. The van der Waals surface area contributed by atoms with Gasteiger partial charge in [0.15, 0.2) is 6.29 Å². The van der Waals surface area contributed by atoms with Gasteiger partial charge in [-0.3, -0.25) is 0 Å². The molecule has 3 atom stereocenters. The molecule has 0 bridgehead atoms. The van der Waals surface area contributed by atoms with Crippen LogP contribution >= 0.6 is 0 Å². The molecule has 23 heavy (non-hydrogen) atoms. The normalized spacial score (nSPS) is 24.2. The van der Waals surface area contributed by atoms with Crippen molar-refractivity contribution < 1.29 is 14.2 Å². The van der Waals surface area contributed by atoms with E-state index in [4.69, 9.17) is 14.2 Å². The molecule has 1 aliphatic heterocycles. The molecule has 1 aromatic rings. The minimum absolute atomic E-state index is 0.0337. The highest BCUT2D eigenvalue weighted by atomic mass is 16.7. The molecule has 0 aliphatic carbocycles. The zero-order valence-corrected chi connectivity index (χ0v) is 14.7. The molecule has 1 unspecified atom stereocenters. The summed E-state index contributed by atoms with van der Waals surface area (Å²) in [7, 11) is 0. The molecule has 1 aliphatic rings. The lowest BCUT2D eigenvalue weighted by atomic mass is 9.98. The molecule has 0 N–H and O–H groups in total. The fourth-order valence-corrected chi connectivity index (χ4v) is 3.15. The number of benzene rings is 1. The van der Waals surface area contributed by atoms with Gasteiger partial charge in [-0.15, -0.1) is 0 Å². The van der Waals surface area contributed by atoms with E-state index in [1.165, 1.54) is 24.8 Å². The van der Waals surface area contributed by atoms with Gasteiger partial charge in [0.1, 0.15) is 0 Å². The molecule has 1 fully saturated rings. The van der Waals surface area contributed by atoms with Crippen molar-refractivity contribution >= 4 is 0 Å². The summed E-state index contributed by atoms with van der Waals surface area (Å²) in [6.07, 6.45) is 7.53. The number of ether oxygens (including phenoxy) is 3. The van der Waals surface area contributed by atoms with Crippen LogP contribution in [0, 0.1) is 5.92 Å². The Kier molecular flexibility index (Phi) is 8.66. The van der Waals surface area contributed by atoms with Gasteiger partial charge in [-0.1, -0.05) is 56.5 Å². The first-order chi connectivity index (χ1) is 11.3. The summed E-state index contributed by atoms with van der Waals surface area (Å²) < 4.78 is 17.3. The second kappa shape index (κ2) is 10.8. The van der Waals surface area contributed by atoms with E-state index in [-0.39, 0.29) is 6.29 Å². The maximum Gasteiger partial charge on any atom is 0.158 e. The lowest BCUT2D eigenvalue weighted by Crippen LogP contribution is -2.15. The Hall–Kier alpha value is -0.900. The molecule has 1 aromatic carbocycles. The first-order valence-electron chi connectivity index (χ1n) is 9.18. The number of unbranched alkanes of at least 4 members (excludes halogenated alkanes) is 3. The maximum atomic E-state index is 5.96. The van der Waals surface area contributed by atoms with Crippen molar-refractivity contribution in [3.05, 3.63) is 35.9 Å². The van der Waals surface area contributed by atoms with Crippen molar-refractivity contribution in [2.75, 3.05) is 13.2 Å². The fraction of sp³-hybridized carbons (Fsp3) is 0.700. The number of hydrogen-bond donors (Lipinski definition) is 0. The molecule has 0 saturated carbocycles. The lowest BCUT2D eigenvalue weighted by Gasteiger charge is -2.15. The molecule has 0 spiro atoms. The van der Waals surface area contributed by atoms with Crippen LogP contribution in [0.25, 0.3) is 0 Å². The smallest absolute Gasteiger partial charge is 0.158 e. The number of rotatable bonds is 11. The Balaban J connectivity index is 1.44. The van der Waals surface area contributed by atoms with Crippen molar-refractivity contribution in [1.82, 2.24) is 0 Å². The summed E-state index contributed by atoms with van der Waals surface area (Å²) in [6.45, 7) is 6.64. The predicted molar refractivity (Wildman–Crippen MR) is 93.3 cm³/mol. The van der Waals surface area contributed by atoms with E-state index in [1.807, 2.05) is 13.0 Å². The summed E-state index contributed by atoms with van der Waals surface area (Å²) in [5.41, 5.74) is 1.25. The molecule has 2 rings (SSSR count). The third-order valence-corrected chi connectivity index (χ3v) is 4.52. The van der Waals surface area contributed by atoms with Gasteiger partial charge < -0.3 is 14.2 Å². The van der Waals surface area contributed by atoms with Crippen LogP contribution in [0.15, 0.2) is 30.3 Å². The SMILES string of the molecule is CCOC1C[C@H](C)[C@H](CCCCCCOCc2ccccc2)O1. The quantitative estimate of drug-likeness (QED) is 0.540. The van der Waals surface area contributed by atoms with E-state index in [0.717, 1.165) is 39.1 Å². The molecule has 3 heteroatoms. The minimum atomic E-state index is 0.0337. The summed E-state index contributed by atoms with van der Waals surface area (Å²) >= 11 is 0. The average molecular weight is 320 g/mol. The van der Waals surface area contributed by atoms with Gasteiger partial charge in [0.05, 0.1) is 12.7 Å². The van der Waals surface area contributed by atoms with Crippen LogP contribution in [0.2, 0.25) is 0 Å². The van der Waals surface area contributed by atoms with E-state index in [0.29, 0.717) is 12.0 Å². The van der Waals surface area contributed by atoms with Gasteiger partial charge in [-0.05, 0) is 31.2 Å². The molecule has 3 nitrogen and oxygen atoms in total. The lowest BCUT2D eigenvalue weighted by molar-refractivity contribution is -0.132. The van der Waals surface area contributed by atoms with Gasteiger partial charge in [0.2, 0.25) is 0 Å². The maximum absolute atomic E-state index is 5.96. The first-order valence-corrected chi connectivity index (χ1v) is 9.18. The van der Waals surface area contributed by atoms with Crippen LogP contribution in [0.5, 0.6) is 0 Å². The highest BCUT2D eigenvalue weighted by Gasteiger charge is 2.31. The monoisotopic (exact) mass is 320 g/mol. The Labute approximate surface area is 141 Å². The zero-order chi connectivity index (χ0) is 16.3. The topological polar surface area (TPSA) is 27.7 Å². The third kappa shape index (κ3) is 7.03. The molecule has 0 radical (unpaired) electrons. The van der Waals surface area contributed by atoms with E-state index in [1.54, 1.807) is 0 Å². The van der Waals surface area contributed by atoms with Gasteiger partial charge in [0.25, 0.3) is 0 Å². The summed E-state index contributed by atoms with van der Waals surface area (Å²) in [6, 6.07) is 10.4. The second-order valence-electron chi connectivity index (χ2n) is 6.51. The highest BCUT2D eigenvalue weighted by molar-refractivity contribution is 5.13. The van der Waals surface area contributed by atoms with E-state index < -0.39 is 0 Å². The van der Waals surface area contributed by atoms with Crippen molar-refractivity contribution in [1.29, 1.82) is 0 Å². The summed E-state index contributed by atoms with van der Waals surface area (Å²) in [5, 5.41) is 0. The van der Waals surface area contributed by atoms with Gasteiger partial charge in [-0.2, -0.15) is 0 Å². The molecule has 130 valence electrons. The van der Waals surface area contributed by atoms with Crippen LogP contribution in [0.1, 0.15) is 57.9 Å². The van der Waals surface area contributed by atoms with E-state index in [2.05, 4.69) is 31.2 Å². The van der Waals surface area contributed by atoms with Crippen molar-refractivity contribution in [3.63, 3.8) is 0 Å². The van der Waals surface area contributed by atoms with Gasteiger partial charge in [0, 0.05) is 19.6 Å². The highest BCUT2D eigenvalue weighted by Crippen LogP contribution is 2.30. The fourth-order valence-electron chi connectivity index (χ4n) is 3.15. The standard InChI is InChI=1S/C20H32O3/c1-3-22-20-15-17(2)19(23-20)13-9-4-5-10-14-21-16-18-11-7-6-8-12-18/h6-8,11-12,17,19-20H,3-5,9-10,13-16H2,1-2H3/t17-,19-,20?/m0/s1. The van der Waals surface area contributed by atoms with Crippen molar-refractivity contribution in [2.24, 2.45) is 5.92 Å². The van der Waals surface area contributed by atoms with Gasteiger partial charge >= 0.3 is 0 Å². The average Bonchev–Trinajstić information content (AvgIpc) is 2.91. The van der Waals surface area contributed by atoms with Crippen molar-refractivity contribution in [2.45, 2.75) is 71.4 Å². The molecule has 0 aromatic heterocycles. The van der Waals surface area contributed by atoms with Crippen LogP contribution in [-0.4, -0.2) is 25.6 Å². The Morgan fingerprint density at radius 1 is 1.09 bits per heavy atom. The van der Waals surface area contributed by atoms with Crippen molar-refractivity contribution in [3.8, 4) is 0 Å². The molecule has 1 heterocycles. The minimum Gasteiger partial charge on any atom is -0.377 e. The predicted octanol–water partition coefficient (Wildman–Crippen LogP) is 4.94. The van der Waals surface area contributed by atoms with Crippen LogP contribution in [-0.2, 0) is 20.8 Å². The van der Waals surface area contributed by atoms with E-state index >= 15 is 0 Å². The van der Waals surface area contributed by atoms with Crippen LogP contribution in [0.3, 0.4) is 0 Å². The largest absolute Gasteiger partial charge is 0.377 e. The second-order valence-corrected chi connectivity index (χ2v) is 6.51. The Morgan fingerprint density at radius 3 is 2.65 bits per heavy atom. The number of hydrogen-bond acceptors (Lipinski definition) is 3. The summed E-state index contributed by atoms with van der Waals surface area (Å²) in [5.74, 6) is 0.626. The first kappa shape index (κ1) is 18.4. The third-order valence-electron chi connectivity index (χ3n) is 4.52. The molecular weight excluding hydrogens is 288 g/mol.